The van der Waals surface area contributed by atoms with Crippen molar-refractivity contribution in [1.29, 1.82) is 0 Å². The highest BCUT2D eigenvalue weighted by Gasteiger charge is 2.11. The molecule has 0 spiro atoms. The summed E-state index contributed by atoms with van der Waals surface area (Å²) in [5, 5.41) is 5.64. The Labute approximate surface area is 128 Å². The predicted octanol–water partition coefficient (Wildman–Crippen LogP) is 2.80. The molecule has 1 aromatic heterocycles. The van der Waals surface area contributed by atoms with E-state index >= 15 is 0 Å². The number of nitrogens with two attached hydrogens (primary N) is 1. The lowest BCUT2D eigenvalue weighted by molar-refractivity contribution is 0.168. The van der Waals surface area contributed by atoms with Gasteiger partial charge in [0.25, 0.3) is 0 Å². The predicted molar refractivity (Wildman–Crippen MR) is 85.6 cm³/mol. The molecular weight excluding hydrogens is 282 g/mol. The molecule has 22 heavy (non-hydrogen) atoms. The normalized spacial score (nSPS) is 11.5. The number of carbonyl (C=O) groups is 1. The molecular formula is C15H19N5O2. The first-order valence-electron chi connectivity index (χ1n) is 6.98. The van der Waals surface area contributed by atoms with Gasteiger partial charge in [0.2, 0.25) is 5.95 Å². The minimum Gasteiger partial charge on any atom is -0.450 e. The van der Waals surface area contributed by atoms with Crippen molar-refractivity contribution in [2.75, 3.05) is 23.0 Å². The Hall–Kier alpha value is -2.83. The van der Waals surface area contributed by atoms with Crippen molar-refractivity contribution in [2.24, 2.45) is 0 Å². The molecule has 7 heteroatoms. The van der Waals surface area contributed by atoms with E-state index in [0.29, 0.717) is 11.6 Å². The number of ether oxygens (including phenoxy) is 1. The highest BCUT2D eigenvalue weighted by Crippen LogP contribution is 2.20. The van der Waals surface area contributed by atoms with E-state index in [4.69, 9.17) is 10.5 Å². The topological polar surface area (TPSA) is 102 Å². The molecule has 2 aromatic rings. The molecule has 2 rings (SSSR count). The molecule has 0 radical (unpaired) electrons. The standard InChI is InChI=1S/C15H19N5O2/c1-3-22-15(21)19-12-9-17-14(20-13(12)16)18-10(2)11-7-5-4-6-8-11/h4-10H,3H2,1-2H3,(H,19,21)(H3,16,17,18,20). The van der Waals surface area contributed by atoms with Gasteiger partial charge < -0.3 is 15.8 Å². The number of amides is 1. The third-order valence-corrected chi connectivity index (χ3v) is 2.98. The van der Waals surface area contributed by atoms with Crippen molar-refractivity contribution in [3.05, 3.63) is 42.1 Å². The zero-order chi connectivity index (χ0) is 15.9. The monoisotopic (exact) mass is 301 g/mol. The number of hydrogen-bond acceptors (Lipinski definition) is 6. The number of anilines is 3. The molecule has 1 amide bonds. The van der Waals surface area contributed by atoms with Crippen LogP contribution in [0.3, 0.4) is 0 Å². The van der Waals surface area contributed by atoms with Crippen LogP contribution < -0.4 is 16.4 Å². The summed E-state index contributed by atoms with van der Waals surface area (Å²) in [5.74, 6) is 0.564. The van der Waals surface area contributed by atoms with E-state index in [1.54, 1.807) is 6.92 Å². The second kappa shape index (κ2) is 7.26. The van der Waals surface area contributed by atoms with Crippen molar-refractivity contribution in [3.8, 4) is 0 Å². The molecule has 1 aromatic carbocycles. The van der Waals surface area contributed by atoms with E-state index in [0.717, 1.165) is 5.56 Å². The summed E-state index contributed by atoms with van der Waals surface area (Å²) in [4.78, 5) is 19.6. The molecule has 7 nitrogen and oxygen atoms in total. The Kier molecular flexibility index (Phi) is 5.13. The first-order valence-corrected chi connectivity index (χ1v) is 6.98. The molecule has 0 aliphatic carbocycles. The molecule has 0 fully saturated rings. The Balaban J connectivity index is 2.04. The first-order chi connectivity index (χ1) is 10.6. The summed E-state index contributed by atoms with van der Waals surface area (Å²) >= 11 is 0. The van der Waals surface area contributed by atoms with Gasteiger partial charge in [-0.25, -0.2) is 9.78 Å². The third kappa shape index (κ3) is 4.08. The van der Waals surface area contributed by atoms with Crippen LogP contribution in [-0.2, 0) is 4.74 Å². The number of nitrogen functional groups attached to an aromatic ring is 1. The average molecular weight is 301 g/mol. The van der Waals surface area contributed by atoms with Gasteiger partial charge in [-0.1, -0.05) is 30.3 Å². The number of carbonyl (C=O) groups excluding carboxylic acids is 1. The van der Waals surface area contributed by atoms with Crippen molar-refractivity contribution < 1.29 is 9.53 Å². The largest absolute Gasteiger partial charge is 0.450 e. The Morgan fingerprint density at radius 3 is 2.73 bits per heavy atom. The number of nitrogens with one attached hydrogen (secondary N) is 2. The van der Waals surface area contributed by atoms with Crippen molar-refractivity contribution in [3.63, 3.8) is 0 Å². The fraction of sp³-hybridized carbons (Fsp3) is 0.267. The second-order valence-corrected chi connectivity index (χ2v) is 4.61. The molecule has 0 saturated carbocycles. The maximum atomic E-state index is 11.4. The summed E-state index contributed by atoms with van der Waals surface area (Å²) < 4.78 is 4.78. The van der Waals surface area contributed by atoms with Gasteiger partial charge in [-0.2, -0.15) is 4.98 Å². The van der Waals surface area contributed by atoms with Crippen LogP contribution in [0.25, 0.3) is 0 Å². The molecule has 1 unspecified atom stereocenters. The molecule has 0 aliphatic heterocycles. The van der Waals surface area contributed by atoms with Crippen molar-refractivity contribution in [1.82, 2.24) is 9.97 Å². The minimum atomic E-state index is -0.587. The van der Waals surface area contributed by atoms with Crippen LogP contribution >= 0.6 is 0 Å². The Morgan fingerprint density at radius 2 is 2.09 bits per heavy atom. The fourth-order valence-corrected chi connectivity index (χ4v) is 1.86. The van der Waals surface area contributed by atoms with Crippen LogP contribution in [0.15, 0.2) is 36.5 Å². The molecule has 0 saturated heterocycles. The van der Waals surface area contributed by atoms with Crippen molar-refractivity contribution >= 4 is 23.5 Å². The van der Waals surface area contributed by atoms with E-state index in [1.807, 2.05) is 37.3 Å². The van der Waals surface area contributed by atoms with Gasteiger partial charge in [-0.05, 0) is 19.4 Å². The van der Waals surface area contributed by atoms with Crippen LogP contribution in [0, 0.1) is 0 Å². The van der Waals surface area contributed by atoms with E-state index < -0.39 is 6.09 Å². The fourth-order valence-electron chi connectivity index (χ4n) is 1.86. The Morgan fingerprint density at radius 1 is 1.36 bits per heavy atom. The molecule has 0 aliphatic rings. The maximum absolute atomic E-state index is 11.4. The van der Waals surface area contributed by atoms with Gasteiger partial charge >= 0.3 is 6.09 Å². The summed E-state index contributed by atoms with van der Waals surface area (Å²) in [7, 11) is 0. The van der Waals surface area contributed by atoms with Crippen LogP contribution in [-0.4, -0.2) is 22.7 Å². The van der Waals surface area contributed by atoms with Gasteiger partial charge in [-0.15, -0.1) is 0 Å². The highest BCUT2D eigenvalue weighted by molar-refractivity contribution is 5.87. The summed E-state index contributed by atoms with van der Waals surface area (Å²) in [6, 6.07) is 9.95. The van der Waals surface area contributed by atoms with Gasteiger partial charge in [0, 0.05) is 0 Å². The van der Waals surface area contributed by atoms with Crippen molar-refractivity contribution in [2.45, 2.75) is 19.9 Å². The first kappa shape index (κ1) is 15.6. The van der Waals surface area contributed by atoms with E-state index in [2.05, 4.69) is 20.6 Å². The van der Waals surface area contributed by atoms with Gasteiger partial charge in [0.05, 0.1) is 18.8 Å². The zero-order valence-electron chi connectivity index (χ0n) is 12.5. The maximum Gasteiger partial charge on any atom is 0.411 e. The van der Waals surface area contributed by atoms with Gasteiger partial charge in [0.15, 0.2) is 5.82 Å². The summed E-state index contributed by atoms with van der Waals surface area (Å²) in [5.41, 5.74) is 7.24. The number of benzene rings is 1. The molecule has 1 heterocycles. The van der Waals surface area contributed by atoms with Gasteiger partial charge in [-0.3, -0.25) is 5.32 Å². The molecule has 1 atom stereocenters. The van der Waals surface area contributed by atoms with Crippen LogP contribution in [0.2, 0.25) is 0 Å². The van der Waals surface area contributed by atoms with Crippen LogP contribution in [0.1, 0.15) is 25.5 Å². The Bertz CT molecular complexity index is 633. The SMILES string of the molecule is CCOC(=O)Nc1cnc(NC(C)c2ccccc2)nc1N. The van der Waals surface area contributed by atoms with E-state index in [9.17, 15) is 4.79 Å². The zero-order valence-corrected chi connectivity index (χ0v) is 12.5. The van der Waals surface area contributed by atoms with E-state index in [-0.39, 0.29) is 18.5 Å². The minimum absolute atomic E-state index is 0.0319. The number of hydrogen-bond donors (Lipinski definition) is 3. The van der Waals surface area contributed by atoms with Crippen LogP contribution in [0.5, 0.6) is 0 Å². The lowest BCUT2D eigenvalue weighted by atomic mass is 10.1. The number of rotatable bonds is 5. The average Bonchev–Trinajstić information content (AvgIpc) is 2.51. The smallest absolute Gasteiger partial charge is 0.411 e. The number of nitrogens with zero attached hydrogens (tertiary/aromatic N) is 2. The van der Waals surface area contributed by atoms with E-state index in [1.165, 1.54) is 6.20 Å². The third-order valence-electron chi connectivity index (χ3n) is 2.98. The second-order valence-electron chi connectivity index (χ2n) is 4.61. The molecule has 0 bridgehead atoms. The molecule has 116 valence electrons. The molecule has 4 N–H and O–H groups in total. The van der Waals surface area contributed by atoms with Gasteiger partial charge in [0.1, 0.15) is 5.69 Å². The highest BCUT2D eigenvalue weighted by atomic mass is 16.5. The quantitative estimate of drug-likeness (QED) is 0.784. The van der Waals surface area contributed by atoms with Crippen LogP contribution in [0.4, 0.5) is 22.2 Å². The lowest BCUT2D eigenvalue weighted by Gasteiger charge is -2.15. The summed E-state index contributed by atoms with van der Waals surface area (Å²) in [6.45, 7) is 4.00. The lowest BCUT2D eigenvalue weighted by Crippen LogP contribution is -2.16. The summed E-state index contributed by atoms with van der Waals surface area (Å²) in [6.07, 6.45) is 0.857. The number of aromatic nitrogens is 2.